The van der Waals surface area contributed by atoms with E-state index in [1.807, 2.05) is 18.8 Å². The van der Waals surface area contributed by atoms with Gasteiger partial charge in [-0.3, -0.25) is 4.79 Å². The fraction of sp³-hybridized carbons (Fsp3) is 0.923. The summed E-state index contributed by atoms with van der Waals surface area (Å²) in [6.07, 6.45) is 5.49. The van der Waals surface area contributed by atoms with E-state index < -0.39 is 0 Å². The van der Waals surface area contributed by atoms with E-state index in [9.17, 15) is 4.79 Å². The Bertz CT molecular complexity index is 242. The molecule has 4 heteroatoms. The highest BCUT2D eigenvalue weighted by Gasteiger charge is 2.44. The molecule has 0 heterocycles. The minimum absolute atomic E-state index is 0.0492. The summed E-state index contributed by atoms with van der Waals surface area (Å²) in [4.78, 5) is 11.2. The van der Waals surface area contributed by atoms with Crippen molar-refractivity contribution in [3.63, 3.8) is 0 Å². The molecule has 1 aliphatic carbocycles. The molecular formula is C13H25NO2S. The van der Waals surface area contributed by atoms with Crippen molar-refractivity contribution in [1.82, 2.24) is 5.32 Å². The molecule has 1 aliphatic rings. The Morgan fingerprint density at radius 1 is 1.53 bits per heavy atom. The van der Waals surface area contributed by atoms with Crippen LogP contribution in [0, 0.1) is 5.41 Å². The molecule has 0 saturated heterocycles. The van der Waals surface area contributed by atoms with Crippen LogP contribution in [0.15, 0.2) is 0 Å². The van der Waals surface area contributed by atoms with Gasteiger partial charge in [0.15, 0.2) is 0 Å². The average Bonchev–Trinajstić information content (AvgIpc) is 3.08. The molecule has 1 saturated carbocycles. The Balaban J connectivity index is 2.04. The lowest BCUT2D eigenvalue weighted by Gasteiger charge is -2.13. The van der Waals surface area contributed by atoms with Crippen molar-refractivity contribution < 1.29 is 9.53 Å². The number of nitrogens with one attached hydrogen (secondary N) is 1. The molecule has 0 radical (unpaired) electrons. The topological polar surface area (TPSA) is 38.3 Å². The Hall–Kier alpha value is -0.220. The summed E-state index contributed by atoms with van der Waals surface area (Å²) < 4.78 is 4.74. The van der Waals surface area contributed by atoms with Crippen LogP contribution >= 0.6 is 11.8 Å². The van der Waals surface area contributed by atoms with E-state index in [-0.39, 0.29) is 11.4 Å². The van der Waals surface area contributed by atoms with Crippen LogP contribution < -0.4 is 5.32 Å². The number of rotatable bonds is 9. The third kappa shape index (κ3) is 5.77. The maximum Gasteiger partial charge on any atom is 0.306 e. The third-order valence-electron chi connectivity index (χ3n) is 3.53. The van der Waals surface area contributed by atoms with E-state index >= 15 is 0 Å². The van der Waals surface area contributed by atoms with Gasteiger partial charge in [-0.2, -0.15) is 11.8 Å². The van der Waals surface area contributed by atoms with Crippen molar-refractivity contribution in [1.29, 1.82) is 0 Å². The molecule has 17 heavy (non-hydrogen) atoms. The molecular weight excluding hydrogens is 234 g/mol. The molecule has 0 spiro atoms. The highest BCUT2D eigenvalue weighted by Crippen LogP contribution is 2.51. The van der Waals surface area contributed by atoms with Crippen LogP contribution in [0.5, 0.6) is 0 Å². The number of hydrogen-bond donors (Lipinski definition) is 1. The zero-order chi connectivity index (χ0) is 12.7. The fourth-order valence-corrected chi connectivity index (χ4v) is 3.19. The van der Waals surface area contributed by atoms with Gasteiger partial charge in [-0.1, -0.05) is 0 Å². The Morgan fingerprint density at radius 2 is 2.24 bits per heavy atom. The summed E-state index contributed by atoms with van der Waals surface area (Å²) in [7, 11) is 3.48. The highest BCUT2D eigenvalue weighted by atomic mass is 32.2. The number of esters is 1. The Morgan fingerprint density at radius 3 is 2.76 bits per heavy atom. The van der Waals surface area contributed by atoms with Gasteiger partial charge in [0.2, 0.25) is 0 Å². The van der Waals surface area contributed by atoms with E-state index in [0.717, 1.165) is 5.75 Å². The minimum Gasteiger partial charge on any atom is -0.469 e. The first-order valence-electron chi connectivity index (χ1n) is 6.44. The van der Waals surface area contributed by atoms with E-state index in [1.165, 1.54) is 38.5 Å². The molecule has 3 nitrogen and oxygen atoms in total. The second-order valence-corrected chi connectivity index (χ2v) is 6.24. The van der Waals surface area contributed by atoms with Gasteiger partial charge in [-0.05, 0) is 56.6 Å². The molecule has 1 fully saturated rings. The molecule has 0 aromatic heterocycles. The van der Waals surface area contributed by atoms with Crippen LogP contribution in [0.4, 0.5) is 0 Å². The monoisotopic (exact) mass is 259 g/mol. The predicted octanol–water partition coefficient (Wildman–Crippen LogP) is 2.45. The second-order valence-electron chi connectivity index (χ2n) is 5.14. The standard InChI is InChI=1S/C13H25NO2S/c1-11(14-2)5-4-8-17-10-13(6-7-13)9-12(15)16-3/h11,14H,4-10H2,1-3H3. The van der Waals surface area contributed by atoms with Crippen molar-refractivity contribution in [2.24, 2.45) is 5.41 Å². The van der Waals surface area contributed by atoms with Gasteiger partial charge in [-0.15, -0.1) is 0 Å². The van der Waals surface area contributed by atoms with Crippen molar-refractivity contribution >= 4 is 17.7 Å². The summed E-state index contributed by atoms with van der Waals surface area (Å²) in [5.74, 6) is 2.28. The maximum atomic E-state index is 11.2. The predicted molar refractivity (Wildman–Crippen MR) is 73.4 cm³/mol. The van der Waals surface area contributed by atoms with E-state index in [0.29, 0.717) is 12.5 Å². The number of carbonyl (C=O) groups is 1. The van der Waals surface area contributed by atoms with Crippen molar-refractivity contribution in [3.05, 3.63) is 0 Å². The largest absolute Gasteiger partial charge is 0.469 e. The number of carbonyl (C=O) groups excluding carboxylic acids is 1. The number of thioether (sulfide) groups is 1. The van der Waals surface area contributed by atoms with Gasteiger partial charge in [0.25, 0.3) is 0 Å². The molecule has 1 rings (SSSR count). The van der Waals surface area contributed by atoms with E-state index in [1.54, 1.807) is 0 Å². The third-order valence-corrected chi connectivity index (χ3v) is 4.92. The lowest BCUT2D eigenvalue weighted by Crippen LogP contribution is -2.21. The zero-order valence-electron chi connectivity index (χ0n) is 11.3. The molecule has 100 valence electrons. The normalized spacial score (nSPS) is 18.8. The molecule has 0 amide bonds. The van der Waals surface area contributed by atoms with Gasteiger partial charge < -0.3 is 10.1 Å². The highest BCUT2D eigenvalue weighted by molar-refractivity contribution is 7.99. The average molecular weight is 259 g/mol. The summed E-state index contributed by atoms with van der Waals surface area (Å²) in [5.41, 5.74) is 0.284. The molecule has 0 aliphatic heterocycles. The SMILES string of the molecule is CNC(C)CCCSCC1(CC(=O)OC)CC1. The van der Waals surface area contributed by atoms with E-state index in [2.05, 4.69) is 12.2 Å². The quantitative estimate of drug-likeness (QED) is 0.510. The lowest BCUT2D eigenvalue weighted by atomic mass is 10.1. The van der Waals surface area contributed by atoms with Crippen molar-refractivity contribution in [3.8, 4) is 0 Å². The van der Waals surface area contributed by atoms with Gasteiger partial charge in [0.1, 0.15) is 0 Å². The van der Waals surface area contributed by atoms with Crippen molar-refractivity contribution in [2.75, 3.05) is 25.7 Å². The second kappa shape index (κ2) is 7.27. The number of methoxy groups -OCH3 is 1. The van der Waals surface area contributed by atoms with Gasteiger partial charge in [-0.25, -0.2) is 0 Å². The van der Waals surface area contributed by atoms with Gasteiger partial charge >= 0.3 is 5.97 Å². The number of ether oxygens (including phenoxy) is 1. The van der Waals surface area contributed by atoms with Crippen LogP contribution in [-0.4, -0.2) is 37.7 Å². The molecule has 1 unspecified atom stereocenters. The van der Waals surface area contributed by atoms with Crippen LogP contribution in [-0.2, 0) is 9.53 Å². The summed E-state index contributed by atoms with van der Waals surface area (Å²) in [6.45, 7) is 2.21. The number of hydrogen-bond acceptors (Lipinski definition) is 4. The van der Waals surface area contributed by atoms with Crippen LogP contribution in [0.25, 0.3) is 0 Å². The maximum absolute atomic E-state index is 11.2. The molecule has 1 N–H and O–H groups in total. The summed E-state index contributed by atoms with van der Waals surface area (Å²) in [6, 6.07) is 0.612. The van der Waals surface area contributed by atoms with Crippen molar-refractivity contribution in [2.45, 2.75) is 45.1 Å². The minimum atomic E-state index is -0.0492. The molecule has 0 aromatic carbocycles. The zero-order valence-corrected chi connectivity index (χ0v) is 12.1. The molecule has 0 aromatic rings. The van der Waals surface area contributed by atoms with Gasteiger partial charge in [0, 0.05) is 6.04 Å². The first-order valence-corrected chi connectivity index (χ1v) is 7.59. The lowest BCUT2D eigenvalue weighted by molar-refractivity contribution is -0.141. The van der Waals surface area contributed by atoms with E-state index in [4.69, 9.17) is 4.74 Å². The molecule has 0 bridgehead atoms. The van der Waals surface area contributed by atoms with Crippen LogP contribution in [0.2, 0.25) is 0 Å². The molecule has 1 atom stereocenters. The summed E-state index contributed by atoms with van der Waals surface area (Å²) in [5, 5.41) is 3.25. The first-order chi connectivity index (χ1) is 8.12. The Kier molecular flexibility index (Phi) is 6.34. The van der Waals surface area contributed by atoms with Gasteiger partial charge in [0.05, 0.1) is 13.5 Å². The van der Waals surface area contributed by atoms with Crippen LogP contribution in [0.3, 0.4) is 0 Å². The first kappa shape index (κ1) is 14.8. The van der Waals surface area contributed by atoms with Crippen LogP contribution in [0.1, 0.15) is 39.0 Å². The fourth-order valence-electron chi connectivity index (χ4n) is 1.85. The summed E-state index contributed by atoms with van der Waals surface area (Å²) >= 11 is 1.99. The Labute approximate surface area is 109 Å². The smallest absolute Gasteiger partial charge is 0.306 e.